The van der Waals surface area contributed by atoms with E-state index in [0.29, 0.717) is 17.5 Å². The molecule has 12 aromatic rings. The Morgan fingerprint density at radius 1 is 0.351 bits per heavy atom. The van der Waals surface area contributed by atoms with Crippen LogP contribution >= 0.6 is 0 Å². The maximum absolute atomic E-state index is 6.78. The Bertz CT molecular complexity index is 3410. The lowest BCUT2D eigenvalue weighted by Gasteiger charge is -2.09. The minimum atomic E-state index is 0.589. The Balaban J connectivity index is 1.02. The number of hydrogen-bond donors (Lipinski definition) is 0. The highest BCUT2D eigenvalue weighted by atomic mass is 16.3. The second-order valence-electron chi connectivity index (χ2n) is 14.3. The highest BCUT2D eigenvalue weighted by Gasteiger charge is 2.21. The molecule has 57 heavy (non-hydrogen) atoms. The van der Waals surface area contributed by atoms with Crippen molar-refractivity contribution >= 4 is 65.7 Å². The maximum Gasteiger partial charge on any atom is 0.164 e. The molecule has 0 N–H and O–H groups in total. The quantitative estimate of drug-likeness (QED) is 0.176. The molecule has 0 unspecified atom stereocenters. The lowest BCUT2D eigenvalue weighted by Crippen LogP contribution is -2.00. The van der Waals surface area contributed by atoms with E-state index in [1.165, 1.54) is 10.8 Å². The number of rotatable bonds is 5. The first-order valence-electron chi connectivity index (χ1n) is 19.0. The van der Waals surface area contributed by atoms with Gasteiger partial charge in [-0.05, 0) is 48.0 Å². The third kappa shape index (κ3) is 4.87. The van der Waals surface area contributed by atoms with E-state index in [-0.39, 0.29) is 0 Å². The van der Waals surface area contributed by atoms with Gasteiger partial charge in [-0.25, -0.2) is 15.0 Å². The summed E-state index contributed by atoms with van der Waals surface area (Å²) in [4.78, 5) is 15.0. The van der Waals surface area contributed by atoms with E-state index < -0.39 is 0 Å². The predicted octanol–water partition coefficient (Wildman–Crippen LogP) is 13.4. The third-order valence-corrected chi connectivity index (χ3v) is 11.1. The van der Waals surface area contributed by atoms with Crippen LogP contribution in [0.1, 0.15) is 0 Å². The number of fused-ring (bicyclic) bond motifs is 9. The van der Waals surface area contributed by atoms with Crippen LogP contribution < -0.4 is 0 Å². The van der Waals surface area contributed by atoms with Crippen molar-refractivity contribution in [3.8, 4) is 51.0 Å². The monoisotopic (exact) mass is 730 g/mol. The summed E-state index contributed by atoms with van der Waals surface area (Å²) >= 11 is 0. The Morgan fingerprint density at radius 2 is 0.912 bits per heavy atom. The van der Waals surface area contributed by atoms with Gasteiger partial charge < -0.3 is 13.4 Å². The SMILES string of the molecule is c1ccc(-c2nc(-c3ccccc3)nc(-c3cccc4oc5cc(-c6cccc7c6oc6cccc(-n8c9ccccc9c9ccccc98)c67)ccc5c34)n2)cc1. The molecule has 0 saturated heterocycles. The van der Waals surface area contributed by atoms with Crippen molar-refractivity contribution < 1.29 is 8.83 Å². The van der Waals surface area contributed by atoms with Crippen molar-refractivity contribution in [1.82, 2.24) is 19.5 Å². The van der Waals surface area contributed by atoms with Gasteiger partial charge in [-0.3, -0.25) is 0 Å². The van der Waals surface area contributed by atoms with Crippen LogP contribution in [0, 0.1) is 0 Å². The molecule has 0 aliphatic heterocycles. The molecule has 0 amide bonds. The second-order valence-corrected chi connectivity index (χ2v) is 14.3. The van der Waals surface area contributed by atoms with E-state index in [1.54, 1.807) is 0 Å². The minimum absolute atomic E-state index is 0.589. The predicted molar refractivity (Wildman–Crippen MR) is 230 cm³/mol. The normalized spacial score (nSPS) is 11.9. The van der Waals surface area contributed by atoms with Crippen molar-refractivity contribution in [1.29, 1.82) is 0 Å². The number of para-hydroxylation sites is 3. The van der Waals surface area contributed by atoms with Crippen LogP contribution in [-0.4, -0.2) is 19.5 Å². The number of benzene rings is 8. The van der Waals surface area contributed by atoms with Crippen molar-refractivity contribution in [2.45, 2.75) is 0 Å². The number of aromatic nitrogens is 4. The maximum atomic E-state index is 6.78. The zero-order chi connectivity index (χ0) is 37.5. The van der Waals surface area contributed by atoms with Crippen LogP contribution in [0.5, 0.6) is 0 Å². The smallest absolute Gasteiger partial charge is 0.164 e. The van der Waals surface area contributed by atoms with E-state index in [9.17, 15) is 0 Å². The molecule has 0 aliphatic rings. The average molecular weight is 731 g/mol. The summed E-state index contributed by atoms with van der Waals surface area (Å²) in [6.45, 7) is 0. The first kappa shape index (κ1) is 31.5. The zero-order valence-corrected chi connectivity index (χ0v) is 30.4. The Hall–Kier alpha value is -7.83. The van der Waals surface area contributed by atoms with Gasteiger partial charge >= 0.3 is 0 Å². The summed E-state index contributed by atoms with van der Waals surface area (Å²) in [7, 11) is 0. The van der Waals surface area contributed by atoms with Gasteiger partial charge in [-0.1, -0.05) is 140 Å². The zero-order valence-electron chi connectivity index (χ0n) is 30.4. The van der Waals surface area contributed by atoms with Crippen molar-refractivity contribution in [3.05, 3.63) is 182 Å². The molecule has 4 heterocycles. The molecule has 8 aromatic carbocycles. The third-order valence-electron chi connectivity index (χ3n) is 11.1. The number of hydrogen-bond acceptors (Lipinski definition) is 5. The Kier molecular flexibility index (Phi) is 6.83. The molecule has 0 radical (unpaired) electrons. The van der Waals surface area contributed by atoms with Crippen LogP contribution in [0.3, 0.4) is 0 Å². The molecule has 4 aromatic heterocycles. The van der Waals surface area contributed by atoms with Gasteiger partial charge in [0.2, 0.25) is 0 Å². The Labute approximate surface area is 325 Å². The van der Waals surface area contributed by atoms with Gasteiger partial charge in [0.25, 0.3) is 0 Å². The molecule has 12 rings (SSSR count). The van der Waals surface area contributed by atoms with Crippen LogP contribution in [-0.2, 0) is 0 Å². The molecule has 0 aliphatic carbocycles. The largest absolute Gasteiger partial charge is 0.456 e. The van der Waals surface area contributed by atoms with Crippen LogP contribution in [0.15, 0.2) is 191 Å². The summed E-state index contributed by atoms with van der Waals surface area (Å²) in [5.41, 5.74) is 11.4. The topological polar surface area (TPSA) is 69.9 Å². The Morgan fingerprint density at radius 3 is 1.61 bits per heavy atom. The van der Waals surface area contributed by atoms with E-state index in [2.05, 4.69) is 114 Å². The molecule has 0 bridgehead atoms. The van der Waals surface area contributed by atoms with Gasteiger partial charge in [0.05, 0.1) is 22.1 Å². The number of nitrogens with zero attached hydrogens (tertiary/aromatic N) is 4. The molecular weight excluding hydrogens is 701 g/mol. The summed E-state index contributed by atoms with van der Waals surface area (Å²) in [5, 5.41) is 6.54. The average Bonchev–Trinajstić information content (AvgIpc) is 3.96. The van der Waals surface area contributed by atoms with Crippen molar-refractivity contribution in [3.63, 3.8) is 0 Å². The van der Waals surface area contributed by atoms with Crippen LogP contribution in [0.4, 0.5) is 0 Å². The molecule has 0 saturated carbocycles. The van der Waals surface area contributed by atoms with Gasteiger partial charge in [0, 0.05) is 49.2 Å². The summed E-state index contributed by atoms with van der Waals surface area (Å²) in [6.07, 6.45) is 0. The van der Waals surface area contributed by atoms with E-state index in [0.717, 1.165) is 88.4 Å². The molecule has 0 fully saturated rings. The standard InChI is InChI=1S/C51H30N4O2/c1-3-14-31(15-4-1)49-52-50(32-16-5-2-6-17-32)54-51(53-49)39-22-12-26-43-46(39)37-29-28-33(30-45(37)56-43)34-20-11-21-38-47-42(25-13-27-44(47)57-48(34)38)55-40-23-9-7-18-35(40)36-19-8-10-24-41(36)55/h1-30H. The van der Waals surface area contributed by atoms with Crippen LogP contribution in [0.2, 0.25) is 0 Å². The highest BCUT2D eigenvalue weighted by Crippen LogP contribution is 2.43. The van der Waals surface area contributed by atoms with E-state index >= 15 is 0 Å². The van der Waals surface area contributed by atoms with Gasteiger partial charge in [0.15, 0.2) is 17.5 Å². The van der Waals surface area contributed by atoms with E-state index in [4.69, 9.17) is 23.8 Å². The molecule has 0 atom stereocenters. The van der Waals surface area contributed by atoms with Crippen LogP contribution in [0.25, 0.3) is 117 Å². The fourth-order valence-corrected chi connectivity index (χ4v) is 8.53. The van der Waals surface area contributed by atoms with Gasteiger partial charge in [-0.2, -0.15) is 0 Å². The van der Waals surface area contributed by atoms with Gasteiger partial charge in [0.1, 0.15) is 22.3 Å². The van der Waals surface area contributed by atoms with Crippen molar-refractivity contribution in [2.24, 2.45) is 0 Å². The minimum Gasteiger partial charge on any atom is -0.456 e. The highest BCUT2D eigenvalue weighted by molar-refractivity contribution is 6.17. The summed E-state index contributed by atoms with van der Waals surface area (Å²) < 4.78 is 15.8. The summed E-state index contributed by atoms with van der Waals surface area (Å²) in [6, 6.07) is 62.5. The lowest BCUT2D eigenvalue weighted by atomic mass is 9.99. The fourth-order valence-electron chi connectivity index (χ4n) is 8.53. The molecule has 0 spiro atoms. The molecule has 6 heteroatoms. The molecule has 6 nitrogen and oxygen atoms in total. The molecule has 266 valence electrons. The first-order valence-corrected chi connectivity index (χ1v) is 19.0. The first-order chi connectivity index (χ1) is 28.3. The van der Waals surface area contributed by atoms with Gasteiger partial charge in [-0.15, -0.1) is 0 Å². The number of furan rings is 2. The summed E-state index contributed by atoms with van der Waals surface area (Å²) in [5.74, 6) is 1.82. The van der Waals surface area contributed by atoms with Crippen molar-refractivity contribution in [2.75, 3.05) is 0 Å². The lowest BCUT2D eigenvalue weighted by molar-refractivity contribution is 0.668. The van der Waals surface area contributed by atoms with E-state index in [1.807, 2.05) is 72.8 Å². The molecular formula is C51H30N4O2. The fraction of sp³-hybridized carbons (Fsp3) is 0. The second kappa shape index (κ2) is 12.3.